The molecule has 5 atom stereocenters. The van der Waals surface area contributed by atoms with Gasteiger partial charge in [-0.2, -0.15) is 0 Å². The van der Waals surface area contributed by atoms with E-state index in [-0.39, 0.29) is 38.5 Å². The molecule has 2 saturated carbocycles. The zero-order valence-corrected chi connectivity index (χ0v) is 37.2. The molecule has 2 bridgehead atoms. The van der Waals surface area contributed by atoms with Gasteiger partial charge in [-0.05, 0) is 67.5 Å². The fourth-order valence-electron chi connectivity index (χ4n) is 9.16. The van der Waals surface area contributed by atoms with Crippen LogP contribution >= 0.6 is 0 Å². The van der Waals surface area contributed by atoms with Crippen molar-refractivity contribution in [1.29, 1.82) is 0 Å². The van der Waals surface area contributed by atoms with E-state index in [0.717, 1.165) is 31.2 Å². The lowest BCUT2D eigenvalue weighted by atomic mass is 10.0. The first-order chi connectivity index (χ1) is 31.9. The largest absolute Gasteiger partial charge is 0.497 e. The molecule has 1 aromatic heterocycles. The number of rotatable bonds is 10. The summed E-state index contributed by atoms with van der Waals surface area (Å²) >= 11 is 0. The van der Waals surface area contributed by atoms with E-state index in [1.165, 1.54) is 4.90 Å². The second-order valence-electron chi connectivity index (χ2n) is 17.3. The van der Waals surface area contributed by atoms with Gasteiger partial charge in [-0.25, -0.2) is 18.2 Å². The van der Waals surface area contributed by atoms with E-state index in [0.29, 0.717) is 45.0 Å². The molecule has 0 radical (unpaired) electrons. The minimum Gasteiger partial charge on any atom is -0.497 e. The summed E-state index contributed by atoms with van der Waals surface area (Å²) in [5, 5.41) is 6.39. The summed E-state index contributed by atoms with van der Waals surface area (Å²) in [5.74, 6) is -1.67. The number of carbonyl (C=O) groups is 4. The Bertz CT molecular complexity index is 2770. The molecule has 3 fully saturated rings. The Morgan fingerprint density at radius 3 is 2.47 bits per heavy atom. The van der Waals surface area contributed by atoms with E-state index in [2.05, 4.69) is 15.4 Å². The molecule has 4 amide bonds. The summed E-state index contributed by atoms with van der Waals surface area (Å²) in [5.41, 5.74) is 1.56. The molecule has 5 aromatic rings. The number of sulfonamides is 1. The van der Waals surface area contributed by atoms with Crippen LogP contribution in [0.2, 0.25) is 0 Å². The fraction of sp³-hybridized carbons (Fsp3) is 0.340. The Labute approximate surface area is 382 Å². The Morgan fingerprint density at radius 2 is 1.70 bits per heavy atom. The van der Waals surface area contributed by atoms with Crippen LogP contribution in [0.4, 0.5) is 4.79 Å². The van der Waals surface area contributed by atoms with E-state index < -0.39 is 69.2 Å². The molecular weight excluding hydrogens is 863 g/mol. The van der Waals surface area contributed by atoms with Crippen LogP contribution in [-0.4, -0.2) is 92.2 Å². The highest BCUT2D eigenvalue weighted by atomic mass is 32.2. The summed E-state index contributed by atoms with van der Waals surface area (Å²) < 4.78 is 53.2. The van der Waals surface area contributed by atoms with Gasteiger partial charge < -0.3 is 34.5 Å². The van der Waals surface area contributed by atoms with Gasteiger partial charge in [0.15, 0.2) is 0 Å². The maximum Gasteiger partial charge on any atom is 0.408 e. The smallest absolute Gasteiger partial charge is 0.408 e. The first-order valence-electron chi connectivity index (χ1n) is 22.2. The van der Waals surface area contributed by atoms with Gasteiger partial charge in [0, 0.05) is 41.8 Å². The van der Waals surface area contributed by atoms with Crippen LogP contribution < -0.4 is 29.6 Å². The molecular formula is C50H51N5O10S. The number of amides is 4. The number of hydrogen-bond acceptors (Lipinski definition) is 11. The zero-order valence-electron chi connectivity index (χ0n) is 36.4. The van der Waals surface area contributed by atoms with E-state index in [1.807, 2.05) is 48.5 Å². The third kappa shape index (κ3) is 9.98. The standard InChI is InChI=1S/C50H51N5O10S/c1-62-37-21-22-40-42(26-37)51-41(34-15-6-3-7-16-34)28-45(40)64-39-27-44-46(56)53-50(48(58)54-66(60,61)31-32-12-4-2-5-13-32)29-35(50)17-11-23-63-38-20-10-14-33(24-38)25-43(47(57)55(44)30-39)52-49(59)65-36-18-8-9-19-36/h2-7,10-17,20-22,24,26,28,35-36,39,43-44H,8-9,18-19,23,25,27,29-31H2,1H3,(H,52,59)(H,53,56)(H,54,58)/b17-11-/t35?,39-,43-,44+,50+/m1/s1. The van der Waals surface area contributed by atoms with Crippen molar-refractivity contribution in [2.24, 2.45) is 5.92 Å². The van der Waals surface area contributed by atoms with Crippen LogP contribution in [-0.2, 0) is 41.3 Å². The minimum absolute atomic E-state index is 0.00864. The lowest BCUT2D eigenvalue weighted by Gasteiger charge is -2.30. The van der Waals surface area contributed by atoms with Gasteiger partial charge in [-0.15, -0.1) is 0 Å². The number of nitrogens with one attached hydrogen (secondary N) is 3. The summed E-state index contributed by atoms with van der Waals surface area (Å²) in [6.45, 7) is 0.0225. The van der Waals surface area contributed by atoms with Crippen molar-refractivity contribution < 1.29 is 46.5 Å². The SMILES string of the molecule is COc1ccc2c(O[C@@H]3C[C@H]4C(=O)N[C@@]5(C(=O)NS(=O)(=O)Cc6ccccc6)CC5/C=C\COc5cccc(c5)C[C@@H](NC(=O)OC5CCCC5)C(=O)N4C3)cc(-c3ccccc3)nc2c1. The number of aromatic nitrogens is 1. The summed E-state index contributed by atoms with van der Waals surface area (Å²) in [7, 11) is -2.63. The van der Waals surface area contributed by atoms with Crippen molar-refractivity contribution in [3.63, 3.8) is 0 Å². The highest BCUT2D eigenvalue weighted by molar-refractivity contribution is 7.89. The molecule has 3 heterocycles. The van der Waals surface area contributed by atoms with Crippen LogP contribution in [0.15, 0.2) is 121 Å². The maximum absolute atomic E-state index is 15.1. The van der Waals surface area contributed by atoms with Crippen LogP contribution in [0.3, 0.4) is 0 Å². The quantitative estimate of drug-likeness (QED) is 0.139. The highest BCUT2D eigenvalue weighted by Gasteiger charge is 2.61. The molecule has 0 spiro atoms. The van der Waals surface area contributed by atoms with Crippen molar-refractivity contribution >= 4 is 44.7 Å². The van der Waals surface area contributed by atoms with Crippen LogP contribution in [0.5, 0.6) is 17.2 Å². The zero-order chi connectivity index (χ0) is 45.8. The summed E-state index contributed by atoms with van der Waals surface area (Å²) in [4.78, 5) is 64.0. The van der Waals surface area contributed by atoms with Gasteiger partial charge in [0.05, 0.1) is 30.6 Å². The average Bonchev–Trinajstić information content (AvgIpc) is 3.56. The first-order valence-corrected chi connectivity index (χ1v) is 23.9. The molecule has 2 aliphatic heterocycles. The molecule has 4 aromatic carbocycles. The lowest BCUT2D eigenvalue weighted by Crippen LogP contribution is -2.58. The summed E-state index contributed by atoms with van der Waals surface area (Å²) in [6.07, 6.45) is 5.08. The van der Waals surface area contributed by atoms with Crippen molar-refractivity contribution in [3.05, 3.63) is 132 Å². The number of fused-ring (bicyclic) bond motifs is 5. The Kier molecular flexibility index (Phi) is 12.7. The highest BCUT2D eigenvalue weighted by Crippen LogP contribution is 2.46. The molecule has 9 rings (SSSR count). The van der Waals surface area contributed by atoms with E-state index >= 15 is 4.79 Å². The van der Waals surface area contributed by atoms with Gasteiger partial charge in [0.25, 0.3) is 5.91 Å². The normalized spacial score (nSPS) is 23.7. The molecule has 1 saturated heterocycles. The third-order valence-corrected chi connectivity index (χ3v) is 13.8. The Balaban J connectivity index is 1.07. The predicted octanol–water partition coefficient (Wildman–Crippen LogP) is 6.01. The van der Waals surface area contributed by atoms with Crippen LogP contribution in [0, 0.1) is 5.92 Å². The van der Waals surface area contributed by atoms with E-state index in [4.69, 9.17) is 23.9 Å². The number of nitrogens with zero attached hydrogens (tertiary/aromatic N) is 2. The number of benzene rings is 4. The van der Waals surface area contributed by atoms with Crippen molar-refractivity contribution in [2.45, 2.75) is 80.5 Å². The topological polar surface area (TPSA) is 192 Å². The van der Waals surface area contributed by atoms with Gasteiger partial charge >= 0.3 is 6.09 Å². The first kappa shape index (κ1) is 44.3. The Morgan fingerprint density at radius 1 is 0.924 bits per heavy atom. The van der Waals surface area contributed by atoms with Crippen molar-refractivity contribution in [1.82, 2.24) is 25.2 Å². The number of alkyl carbamates (subject to hydrolysis) is 1. The molecule has 4 aliphatic rings. The Hall–Kier alpha value is -6.94. The van der Waals surface area contributed by atoms with Crippen LogP contribution in [0.25, 0.3) is 22.2 Å². The second-order valence-corrected chi connectivity index (χ2v) is 19.0. The van der Waals surface area contributed by atoms with Gasteiger partial charge in [0.2, 0.25) is 21.8 Å². The van der Waals surface area contributed by atoms with Gasteiger partial charge in [-0.3, -0.25) is 19.1 Å². The molecule has 66 heavy (non-hydrogen) atoms. The fourth-order valence-corrected chi connectivity index (χ4v) is 10.3. The minimum atomic E-state index is -4.20. The predicted molar refractivity (Wildman–Crippen MR) is 245 cm³/mol. The van der Waals surface area contributed by atoms with E-state index in [1.54, 1.807) is 79.9 Å². The summed E-state index contributed by atoms with van der Waals surface area (Å²) in [6, 6.07) is 30.1. The van der Waals surface area contributed by atoms with Crippen LogP contribution in [0.1, 0.15) is 49.7 Å². The average molecular weight is 914 g/mol. The number of methoxy groups -OCH3 is 1. The molecule has 342 valence electrons. The molecule has 1 unspecified atom stereocenters. The number of carbonyl (C=O) groups excluding carboxylic acids is 4. The van der Waals surface area contributed by atoms with Gasteiger partial charge in [-0.1, -0.05) is 84.9 Å². The van der Waals surface area contributed by atoms with Gasteiger partial charge in [0.1, 0.15) is 53.7 Å². The van der Waals surface area contributed by atoms with Crippen molar-refractivity contribution in [3.8, 4) is 28.5 Å². The van der Waals surface area contributed by atoms with E-state index in [9.17, 15) is 22.8 Å². The monoisotopic (exact) mass is 913 g/mol. The number of hydrogen-bond donors (Lipinski definition) is 3. The van der Waals surface area contributed by atoms with Crippen molar-refractivity contribution in [2.75, 3.05) is 20.3 Å². The number of pyridine rings is 1. The lowest BCUT2D eigenvalue weighted by molar-refractivity contribution is -0.141. The molecule has 15 nitrogen and oxygen atoms in total. The molecule has 2 aliphatic carbocycles. The second kappa shape index (κ2) is 18.9. The number of ether oxygens (including phenoxy) is 4. The maximum atomic E-state index is 15.1. The molecule has 16 heteroatoms. The molecule has 3 N–H and O–H groups in total. The third-order valence-electron chi connectivity index (χ3n) is 12.6.